The summed E-state index contributed by atoms with van der Waals surface area (Å²) >= 11 is 0. The molecule has 1 aromatic heterocycles. The number of amides is 1. The van der Waals surface area contributed by atoms with E-state index in [4.69, 9.17) is 4.98 Å². The molecule has 1 aliphatic carbocycles. The maximum atomic E-state index is 14.4. The van der Waals surface area contributed by atoms with E-state index in [1.54, 1.807) is 6.33 Å². The molecule has 0 radical (unpaired) electrons. The van der Waals surface area contributed by atoms with Gasteiger partial charge in [0.25, 0.3) is 5.91 Å². The van der Waals surface area contributed by atoms with Crippen molar-refractivity contribution in [3.8, 4) is 11.3 Å². The fourth-order valence-corrected chi connectivity index (χ4v) is 6.63. The number of hydrogen-bond donors (Lipinski definition) is 2. The average Bonchev–Trinajstić information content (AvgIpc) is 3.43. The van der Waals surface area contributed by atoms with Gasteiger partial charge >= 0.3 is 0 Å². The molecular formula is C34H38N4O2. The first-order chi connectivity index (χ1) is 19.6. The Morgan fingerprint density at radius 1 is 0.925 bits per heavy atom. The molecule has 6 heteroatoms. The maximum absolute atomic E-state index is 14.4. The minimum absolute atomic E-state index is 0.0323. The summed E-state index contributed by atoms with van der Waals surface area (Å²) in [6.07, 6.45) is 7.13. The Bertz CT molecular complexity index is 1400. The highest BCUT2D eigenvalue weighted by Gasteiger charge is 2.42. The SMILES string of the molecule is O=C(c1ncn([C@H](c2ccccc2)C2(O)CCCCC2)c1-c1ccccc1)N1CCNC[C@H]1Cc1ccccc1. The van der Waals surface area contributed by atoms with E-state index in [0.29, 0.717) is 12.2 Å². The second kappa shape index (κ2) is 11.8. The van der Waals surface area contributed by atoms with Crippen LogP contribution in [-0.2, 0) is 6.42 Å². The minimum Gasteiger partial charge on any atom is -0.387 e. The lowest BCUT2D eigenvalue weighted by atomic mass is 9.76. The van der Waals surface area contributed by atoms with Gasteiger partial charge in [-0.2, -0.15) is 0 Å². The Labute approximate surface area is 236 Å². The van der Waals surface area contributed by atoms with Crippen LogP contribution in [0.5, 0.6) is 0 Å². The summed E-state index contributed by atoms with van der Waals surface area (Å²) in [6.45, 7) is 2.13. The molecule has 6 rings (SSSR count). The van der Waals surface area contributed by atoms with Crippen LogP contribution < -0.4 is 5.32 Å². The van der Waals surface area contributed by atoms with Gasteiger partial charge in [-0.05, 0) is 30.4 Å². The number of benzene rings is 3. The fraction of sp³-hybridized carbons (Fsp3) is 0.353. The molecule has 1 saturated carbocycles. The third-order valence-electron chi connectivity index (χ3n) is 8.59. The zero-order valence-electron chi connectivity index (χ0n) is 23.0. The average molecular weight is 535 g/mol. The van der Waals surface area contributed by atoms with Gasteiger partial charge in [0.05, 0.1) is 23.7 Å². The summed E-state index contributed by atoms with van der Waals surface area (Å²) in [4.78, 5) is 21.2. The van der Waals surface area contributed by atoms with Gasteiger partial charge in [-0.15, -0.1) is 0 Å². The molecule has 0 spiro atoms. The van der Waals surface area contributed by atoms with Crippen molar-refractivity contribution in [1.82, 2.24) is 19.8 Å². The summed E-state index contributed by atoms with van der Waals surface area (Å²) in [6, 6.07) is 30.3. The van der Waals surface area contributed by atoms with E-state index in [9.17, 15) is 9.90 Å². The van der Waals surface area contributed by atoms with Crippen LogP contribution in [0.4, 0.5) is 0 Å². The molecule has 4 aromatic rings. The fourth-order valence-electron chi connectivity index (χ4n) is 6.63. The van der Waals surface area contributed by atoms with E-state index in [0.717, 1.165) is 68.4 Å². The molecule has 1 aliphatic heterocycles. The number of nitrogens with zero attached hydrogens (tertiary/aromatic N) is 3. The van der Waals surface area contributed by atoms with Crippen molar-refractivity contribution in [2.45, 2.75) is 56.2 Å². The van der Waals surface area contributed by atoms with Crippen LogP contribution in [-0.4, -0.2) is 56.7 Å². The molecular weight excluding hydrogens is 496 g/mol. The van der Waals surface area contributed by atoms with E-state index in [-0.39, 0.29) is 18.0 Å². The van der Waals surface area contributed by atoms with Gasteiger partial charge < -0.3 is 19.9 Å². The molecule has 6 nitrogen and oxygen atoms in total. The first kappa shape index (κ1) is 26.5. The lowest BCUT2D eigenvalue weighted by molar-refractivity contribution is -0.0299. The zero-order chi connectivity index (χ0) is 27.4. The summed E-state index contributed by atoms with van der Waals surface area (Å²) in [7, 11) is 0. The number of nitrogens with one attached hydrogen (secondary N) is 1. The van der Waals surface area contributed by atoms with E-state index in [2.05, 4.69) is 34.1 Å². The molecule has 3 aromatic carbocycles. The van der Waals surface area contributed by atoms with E-state index >= 15 is 0 Å². The first-order valence-electron chi connectivity index (χ1n) is 14.6. The number of aromatic nitrogens is 2. The summed E-state index contributed by atoms with van der Waals surface area (Å²) in [5.41, 5.74) is 3.48. The number of imidazole rings is 1. The number of piperazine rings is 1. The van der Waals surface area contributed by atoms with Crippen molar-refractivity contribution >= 4 is 5.91 Å². The van der Waals surface area contributed by atoms with E-state index < -0.39 is 5.60 Å². The molecule has 2 atom stereocenters. The monoisotopic (exact) mass is 534 g/mol. The van der Waals surface area contributed by atoms with Crippen LogP contribution in [0.2, 0.25) is 0 Å². The molecule has 0 unspecified atom stereocenters. The Morgan fingerprint density at radius 2 is 1.57 bits per heavy atom. The second-order valence-electron chi connectivity index (χ2n) is 11.2. The lowest BCUT2D eigenvalue weighted by Crippen LogP contribution is -2.54. The number of carbonyl (C=O) groups excluding carboxylic acids is 1. The van der Waals surface area contributed by atoms with Crippen LogP contribution in [0.25, 0.3) is 11.3 Å². The Kier molecular flexibility index (Phi) is 7.80. The third-order valence-corrected chi connectivity index (χ3v) is 8.59. The van der Waals surface area contributed by atoms with Crippen molar-refractivity contribution in [2.75, 3.05) is 19.6 Å². The summed E-state index contributed by atoms with van der Waals surface area (Å²) in [5, 5.41) is 15.6. The number of rotatable bonds is 7. The smallest absolute Gasteiger partial charge is 0.275 e. The molecule has 2 fully saturated rings. The number of carbonyl (C=O) groups is 1. The standard InChI is InChI=1S/C34H38N4O2/c39-33(37-22-21-35-24-29(37)23-26-13-5-1-6-14-26)30-31(27-15-7-2-8-16-27)38(25-36-30)32(28-17-9-3-10-18-28)34(40)19-11-4-12-20-34/h1-3,5-10,13-18,25,29,32,35,40H,4,11-12,19-24H2/t29-,32-/m1/s1. The molecule has 0 bridgehead atoms. The topological polar surface area (TPSA) is 70.4 Å². The van der Waals surface area contributed by atoms with Crippen molar-refractivity contribution in [1.29, 1.82) is 0 Å². The van der Waals surface area contributed by atoms with Gasteiger partial charge in [0, 0.05) is 31.2 Å². The predicted molar refractivity (Wildman–Crippen MR) is 158 cm³/mol. The third kappa shape index (κ3) is 5.34. The summed E-state index contributed by atoms with van der Waals surface area (Å²) in [5.74, 6) is -0.0533. The second-order valence-corrected chi connectivity index (χ2v) is 11.2. The molecule has 1 amide bonds. The van der Waals surface area contributed by atoms with Gasteiger partial charge in [-0.25, -0.2) is 4.98 Å². The number of aliphatic hydroxyl groups is 1. The van der Waals surface area contributed by atoms with Crippen molar-refractivity contribution in [3.05, 3.63) is 114 Å². The highest BCUT2D eigenvalue weighted by Crippen LogP contribution is 2.43. The quantitative estimate of drug-likeness (QED) is 0.329. The molecule has 2 aliphatic rings. The minimum atomic E-state index is -0.922. The molecule has 206 valence electrons. The van der Waals surface area contributed by atoms with Crippen LogP contribution in [0.1, 0.15) is 59.8 Å². The van der Waals surface area contributed by atoms with Crippen LogP contribution >= 0.6 is 0 Å². The summed E-state index contributed by atoms with van der Waals surface area (Å²) < 4.78 is 2.08. The van der Waals surface area contributed by atoms with Crippen molar-refractivity contribution < 1.29 is 9.90 Å². The lowest BCUT2D eigenvalue weighted by Gasteiger charge is -2.41. The normalized spacial score (nSPS) is 19.7. The Balaban J connectivity index is 1.44. The van der Waals surface area contributed by atoms with E-state index in [1.165, 1.54) is 5.56 Å². The van der Waals surface area contributed by atoms with Gasteiger partial charge in [0.15, 0.2) is 5.69 Å². The number of hydrogen-bond acceptors (Lipinski definition) is 4. The van der Waals surface area contributed by atoms with Crippen molar-refractivity contribution in [2.24, 2.45) is 0 Å². The van der Waals surface area contributed by atoms with E-state index in [1.807, 2.05) is 71.6 Å². The van der Waals surface area contributed by atoms with Gasteiger partial charge in [-0.3, -0.25) is 4.79 Å². The largest absolute Gasteiger partial charge is 0.387 e. The highest BCUT2D eigenvalue weighted by molar-refractivity contribution is 5.98. The maximum Gasteiger partial charge on any atom is 0.275 e. The molecule has 40 heavy (non-hydrogen) atoms. The van der Waals surface area contributed by atoms with Gasteiger partial charge in [0.1, 0.15) is 0 Å². The van der Waals surface area contributed by atoms with Crippen LogP contribution in [0.3, 0.4) is 0 Å². The molecule has 2 heterocycles. The van der Waals surface area contributed by atoms with Crippen LogP contribution in [0.15, 0.2) is 97.3 Å². The molecule has 2 N–H and O–H groups in total. The Hall–Kier alpha value is -3.74. The van der Waals surface area contributed by atoms with Gasteiger partial charge in [-0.1, -0.05) is 110 Å². The zero-order valence-corrected chi connectivity index (χ0v) is 23.0. The first-order valence-corrected chi connectivity index (χ1v) is 14.6. The van der Waals surface area contributed by atoms with Crippen molar-refractivity contribution in [3.63, 3.8) is 0 Å². The Morgan fingerprint density at radius 3 is 2.27 bits per heavy atom. The molecule has 1 saturated heterocycles. The van der Waals surface area contributed by atoms with Crippen LogP contribution in [0, 0.1) is 0 Å². The van der Waals surface area contributed by atoms with Gasteiger partial charge in [0.2, 0.25) is 0 Å². The highest BCUT2D eigenvalue weighted by atomic mass is 16.3. The predicted octanol–water partition coefficient (Wildman–Crippen LogP) is 5.49.